The predicted octanol–water partition coefficient (Wildman–Crippen LogP) is 4.29. The van der Waals surface area contributed by atoms with Crippen LogP contribution in [0.3, 0.4) is 0 Å². The van der Waals surface area contributed by atoms with E-state index in [1.165, 1.54) is 24.8 Å². The number of ether oxygens (including phenoxy) is 1. The standard InChI is InChI=1S/C18H24ClNO/c1-3-20-18(13-7-6-12(21-2)9-14(13)19)17-15-10-4-5-11(8-10)16(15)17/h6-7,9-11,15-18,20H,3-5,8H2,1-2H3. The number of fused-ring (bicyclic) bond motifs is 5. The van der Waals surface area contributed by atoms with Crippen molar-refractivity contribution in [3.63, 3.8) is 0 Å². The molecule has 114 valence electrons. The van der Waals surface area contributed by atoms with Crippen molar-refractivity contribution < 1.29 is 4.74 Å². The lowest BCUT2D eigenvalue weighted by Gasteiger charge is -2.23. The summed E-state index contributed by atoms with van der Waals surface area (Å²) >= 11 is 6.54. The molecule has 0 saturated heterocycles. The lowest BCUT2D eigenvalue weighted by atomic mass is 9.92. The van der Waals surface area contributed by atoms with Crippen LogP contribution in [0.4, 0.5) is 0 Å². The van der Waals surface area contributed by atoms with Gasteiger partial charge in [0.25, 0.3) is 0 Å². The molecule has 1 N–H and O–H groups in total. The molecule has 0 heterocycles. The molecule has 3 aliphatic rings. The van der Waals surface area contributed by atoms with Gasteiger partial charge in [-0.25, -0.2) is 0 Å². The van der Waals surface area contributed by atoms with Crippen molar-refractivity contribution in [3.8, 4) is 5.75 Å². The molecule has 0 aromatic heterocycles. The zero-order valence-electron chi connectivity index (χ0n) is 12.8. The van der Waals surface area contributed by atoms with Crippen LogP contribution in [0.5, 0.6) is 5.75 Å². The number of benzene rings is 1. The first-order chi connectivity index (χ1) is 10.2. The largest absolute Gasteiger partial charge is 0.497 e. The molecule has 0 aliphatic heterocycles. The van der Waals surface area contributed by atoms with Gasteiger partial charge in [0.05, 0.1) is 7.11 Å². The molecule has 3 aliphatic carbocycles. The van der Waals surface area contributed by atoms with Gasteiger partial charge >= 0.3 is 0 Å². The number of methoxy groups -OCH3 is 1. The highest BCUT2D eigenvalue weighted by atomic mass is 35.5. The Morgan fingerprint density at radius 3 is 2.57 bits per heavy atom. The molecule has 0 amide bonds. The van der Waals surface area contributed by atoms with Crippen molar-refractivity contribution >= 4 is 11.6 Å². The van der Waals surface area contributed by atoms with E-state index in [2.05, 4.69) is 18.3 Å². The number of halogens is 1. The van der Waals surface area contributed by atoms with Crippen LogP contribution in [0, 0.1) is 29.6 Å². The zero-order valence-corrected chi connectivity index (χ0v) is 13.6. The van der Waals surface area contributed by atoms with E-state index in [1.807, 2.05) is 12.1 Å². The lowest BCUT2D eigenvalue weighted by molar-refractivity contribution is 0.374. The van der Waals surface area contributed by atoms with Gasteiger partial charge in [0.15, 0.2) is 0 Å². The third-order valence-corrected chi connectivity index (χ3v) is 6.47. The van der Waals surface area contributed by atoms with Gasteiger partial charge in [-0.15, -0.1) is 0 Å². The van der Waals surface area contributed by atoms with Crippen molar-refractivity contribution in [1.82, 2.24) is 5.32 Å². The van der Waals surface area contributed by atoms with E-state index < -0.39 is 0 Å². The molecule has 5 unspecified atom stereocenters. The third-order valence-electron chi connectivity index (χ3n) is 6.15. The maximum atomic E-state index is 6.54. The van der Waals surface area contributed by atoms with Gasteiger partial charge in [-0.1, -0.05) is 24.6 Å². The highest BCUT2D eigenvalue weighted by Crippen LogP contribution is 2.72. The van der Waals surface area contributed by atoms with Gasteiger partial charge < -0.3 is 10.1 Å². The molecule has 0 spiro atoms. The Kier molecular flexibility index (Phi) is 3.42. The van der Waals surface area contributed by atoms with E-state index in [-0.39, 0.29) is 0 Å². The Hall–Kier alpha value is -0.730. The average Bonchev–Trinajstić information content (AvgIpc) is 2.90. The maximum absolute atomic E-state index is 6.54. The summed E-state index contributed by atoms with van der Waals surface area (Å²) in [7, 11) is 1.69. The molecular formula is C18H24ClNO. The fourth-order valence-electron chi connectivity index (χ4n) is 5.40. The topological polar surface area (TPSA) is 21.3 Å². The van der Waals surface area contributed by atoms with Crippen molar-refractivity contribution in [2.45, 2.75) is 32.2 Å². The average molecular weight is 306 g/mol. The molecule has 3 saturated carbocycles. The van der Waals surface area contributed by atoms with Crippen LogP contribution < -0.4 is 10.1 Å². The molecular weight excluding hydrogens is 282 g/mol. The summed E-state index contributed by atoms with van der Waals surface area (Å²) in [5.74, 6) is 5.58. The van der Waals surface area contributed by atoms with Crippen LogP contribution in [-0.2, 0) is 0 Å². The van der Waals surface area contributed by atoms with E-state index >= 15 is 0 Å². The Morgan fingerprint density at radius 1 is 1.29 bits per heavy atom. The normalized spacial score (nSPS) is 37.4. The molecule has 1 aromatic carbocycles. The summed E-state index contributed by atoms with van der Waals surface area (Å²) < 4.78 is 5.28. The van der Waals surface area contributed by atoms with Gasteiger partial charge in [0.1, 0.15) is 5.75 Å². The second-order valence-corrected chi connectivity index (χ2v) is 7.40. The van der Waals surface area contributed by atoms with Gasteiger partial charge in [-0.05, 0) is 73.1 Å². The van der Waals surface area contributed by atoms with Crippen molar-refractivity contribution in [3.05, 3.63) is 28.8 Å². The SMILES string of the molecule is CCNC(c1ccc(OC)cc1Cl)C1C2C3CCC(C3)C21. The highest BCUT2D eigenvalue weighted by molar-refractivity contribution is 6.31. The summed E-state index contributed by atoms with van der Waals surface area (Å²) in [4.78, 5) is 0. The predicted molar refractivity (Wildman–Crippen MR) is 85.7 cm³/mol. The Labute approximate surface area is 132 Å². The van der Waals surface area contributed by atoms with Gasteiger partial charge in [-0.2, -0.15) is 0 Å². The maximum Gasteiger partial charge on any atom is 0.120 e. The summed E-state index contributed by atoms with van der Waals surface area (Å²) in [6.07, 6.45) is 4.44. The highest BCUT2D eigenvalue weighted by Gasteiger charge is 2.66. The third kappa shape index (κ3) is 2.10. The van der Waals surface area contributed by atoms with Gasteiger partial charge in [0, 0.05) is 11.1 Å². The summed E-state index contributed by atoms with van der Waals surface area (Å²) in [5.41, 5.74) is 1.26. The molecule has 21 heavy (non-hydrogen) atoms. The number of rotatable bonds is 5. The minimum Gasteiger partial charge on any atom is -0.497 e. The van der Waals surface area contributed by atoms with E-state index in [0.717, 1.165) is 46.9 Å². The van der Waals surface area contributed by atoms with E-state index in [1.54, 1.807) is 7.11 Å². The second-order valence-electron chi connectivity index (χ2n) is 6.99. The molecule has 5 atom stereocenters. The summed E-state index contributed by atoms with van der Waals surface area (Å²) in [6, 6.07) is 6.57. The van der Waals surface area contributed by atoms with Crippen LogP contribution >= 0.6 is 11.6 Å². The van der Waals surface area contributed by atoms with Crippen molar-refractivity contribution in [2.75, 3.05) is 13.7 Å². The molecule has 3 heteroatoms. The fourth-order valence-corrected chi connectivity index (χ4v) is 5.69. The first-order valence-corrected chi connectivity index (χ1v) is 8.69. The first-order valence-electron chi connectivity index (χ1n) is 8.31. The summed E-state index contributed by atoms with van der Waals surface area (Å²) in [5, 5.41) is 4.56. The lowest BCUT2D eigenvalue weighted by Crippen LogP contribution is -2.25. The Morgan fingerprint density at radius 2 is 2.00 bits per heavy atom. The van der Waals surface area contributed by atoms with Crippen molar-refractivity contribution in [2.24, 2.45) is 29.6 Å². The molecule has 2 nitrogen and oxygen atoms in total. The molecule has 2 bridgehead atoms. The quantitative estimate of drug-likeness (QED) is 0.876. The molecule has 3 fully saturated rings. The van der Waals surface area contributed by atoms with Crippen molar-refractivity contribution in [1.29, 1.82) is 0 Å². The van der Waals surface area contributed by atoms with Crippen LogP contribution in [0.25, 0.3) is 0 Å². The van der Waals surface area contributed by atoms with Crippen LogP contribution in [0.1, 0.15) is 37.8 Å². The Balaban J connectivity index is 1.61. The smallest absolute Gasteiger partial charge is 0.120 e. The van der Waals surface area contributed by atoms with Gasteiger partial charge in [0.2, 0.25) is 0 Å². The van der Waals surface area contributed by atoms with E-state index in [0.29, 0.717) is 6.04 Å². The van der Waals surface area contributed by atoms with Gasteiger partial charge in [-0.3, -0.25) is 0 Å². The first kappa shape index (κ1) is 13.9. The van der Waals surface area contributed by atoms with E-state index in [4.69, 9.17) is 16.3 Å². The zero-order chi connectivity index (χ0) is 14.6. The second kappa shape index (κ2) is 5.17. The molecule has 4 rings (SSSR count). The minimum absolute atomic E-state index is 0.423. The number of hydrogen-bond donors (Lipinski definition) is 1. The molecule has 0 radical (unpaired) electrons. The van der Waals surface area contributed by atoms with Crippen LogP contribution in [0.15, 0.2) is 18.2 Å². The summed E-state index contributed by atoms with van der Waals surface area (Å²) in [6.45, 7) is 3.19. The number of nitrogens with one attached hydrogen (secondary N) is 1. The number of hydrogen-bond acceptors (Lipinski definition) is 2. The molecule has 1 aromatic rings. The van der Waals surface area contributed by atoms with E-state index in [9.17, 15) is 0 Å². The van der Waals surface area contributed by atoms with Crippen LogP contribution in [0.2, 0.25) is 5.02 Å². The Bertz CT molecular complexity index is 530. The van der Waals surface area contributed by atoms with Crippen LogP contribution in [-0.4, -0.2) is 13.7 Å². The minimum atomic E-state index is 0.423. The monoisotopic (exact) mass is 305 g/mol. The fraction of sp³-hybridized carbons (Fsp3) is 0.667.